The van der Waals surface area contributed by atoms with Crippen LogP contribution in [0.3, 0.4) is 0 Å². The van der Waals surface area contributed by atoms with Crippen molar-refractivity contribution in [1.82, 2.24) is 10.3 Å². The smallest absolute Gasteiger partial charge is 0.0573 e. The highest BCUT2D eigenvalue weighted by Crippen LogP contribution is 2.47. The highest BCUT2D eigenvalue weighted by Gasteiger charge is 2.38. The van der Waals surface area contributed by atoms with Gasteiger partial charge in [0.15, 0.2) is 0 Å². The van der Waals surface area contributed by atoms with E-state index in [1.807, 2.05) is 12.3 Å². The number of nitrogens with one attached hydrogen (secondary N) is 1. The molecule has 1 heterocycles. The molecule has 2 aliphatic carbocycles. The predicted octanol–water partition coefficient (Wildman–Crippen LogP) is 3.17. The van der Waals surface area contributed by atoms with E-state index in [2.05, 4.69) is 23.3 Å². The molecule has 2 bridgehead atoms. The molecule has 1 N–H and O–H groups in total. The number of rotatable bonds is 5. The van der Waals surface area contributed by atoms with Gasteiger partial charge in [-0.15, -0.1) is 0 Å². The second-order valence-corrected chi connectivity index (χ2v) is 6.03. The van der Waals surface area contributed by atoms with E-state index in [1.165, 1.54) is 43.5 Å². The first kappa shape index (κ1) is 12.2. The summed E-state index contributed by atoms with van der Waals surface area (Å²) in [7, 11) is 0. The molecule has 0 saturated heterocycles. The first-order valence-electron chi connectivity index (χ1n) is 7.50. The van der Waals surface area contributed by atoms with Gasteiger partial charge >= 0.3 is 0 Å². The molecule has 1 aromatic heterocycles. The predicted molar refractivity (Wildman–Crippen MR) is 74.3 cm³/mol. The maximum absolute atomic E-state index is 4.50. The lowest BCUT2D eigenvalue weighted by molar-refractivity contribution is 0.318. The molecular formula is C16H24N2. The van der Waals surface area contributed by atoms with Gasteiger partial charge in [0.1, 0.15) is 0 Å². The van der Waals surface area contributed by atoms with E-state index in [4.69, 9.17) is 0 Å². The third-order valence-corrected chi connectivity index (χ3v) is 4.95. The van der Waals surface area contributed by atoms with Gasteiger partial charge in [0, 0.05) is 12.7 Å². The number of hydrogen-bond donors (Lipinski definition) is 1. The summed E-state index contributed by atoms with van der Waals surface area (Å²) in [5.41, 5.74) is 2.63. The first-order chi connectivity index (χ1) is 8.86. The first-order valence-corrected chi connectivity index (χ1v) is 7.50. The fraction of sp³-hybridized carbons (Fsp3) is 0.688. The average molecular weight is 244 g/mol. The topological polar surface area (TPSA) is 24.9 Å². The number of pyridine rings is 1. The Balaban J connectivity index is 1.50. The number of fused-ring (bicyclic) bond motifs is 2. The molecule has 3 unspecified atom stereocenters. The third kappa shape index (κ3) is 2.44. The van der Waals surface area contributed by atoms with Crippen molar-refractivity contribution in [2.75, 3.05) is 6.54 Å². The zero-order valence-corrected chi connectivity index (χ0v) is 11.4. The van der Waals surface area contributed by atoms with Gasteiger partial charge in [-0.1, -0.05) is 19.4 Å². The Morgan fingerprint density at radius 1 is 1.33 bits per heavy atom. The maximum atomic E-state index is 4.50. The molecule has 2 heteroatoms. The second-order valence-electron chi connectivity index (χ2n) is 6.03. The van der Waals surface area contributed by atoms with Crippen molar-refractivity contribution in [2.45, 2.75) is 45.6 Å². The van der Waals surface area contributed by atoms with Gasteiger partial charge in [0.2, 0.25) is 0 Å². The molecular weight excluding hydrogens is 220 g/mol. The standard InChI is InChI=1S/C16H24N2/c1-2-13-4-3-7-18-16(13)11-17-10-15-9-12-5-6-14(15)8-12/h3-4,7,12,14-15,17H,2,5-6,8-11H2,1H3. The zero-order chi connectivity index (χ0) is 12.4. The molecule has 1 aromatic rings. The van der Waals surface area contributed by atoms with Crippen LogP contribution in [-0.4, -0.2) is 11.5 Å². The lowest BCUT2D eigenvalue weighted by atomic mass is 9.89. The zero-order valence-electron chi connectivity index (χ0n) is 11.4. The average Bonchev–Trinajstić information content (AvgIpc) is 3.02. The van der Waals surface area contributed by atoms with Crippen molar-refractivity contribution >= 4 is 0 Å². The van der Waals surface area contributed by atoms with E-state index in [0.29, 0.717) is 0 Å². The minimum absolute atomic E-state index is 0.942. The van der Waals surface area contributed by atoms with Crippen molar-refractivity contribution < 1.29 is 0 Å². The molecule has 2 nitrogen and oxygen atoms in total. The molecule has 0 amide bonds. The summed E-state index contributed by atoms with van der Waals surface area (Å²) in [6.07, 6.45) is 8.96. The molecule has 0 aliphatic heterocycles. The Morgan fingerprint density at radius 3 is 3.00 bits per heavy atom. The highest BCUT2D eigenvalue weighted by atomic mass is 14.9. The van der Waals surface area contributed by atoms with E-state index >= 15 is 0 Å². The van der Waals surface area contributed by atoms with Crippen LogP contribution in [-0.2, 0) is 13.0 Å². The van der Waals surface area contributed by atoms with Gasteiger partial charge in [-0.05, 0) is 61.6 Å². The van der Waals surface area contributed by atoms with Gasteiger partial charge in [-0.3, -0.25) is 4.98 Å². The summed E-state index contributed by atoms with van der Waals surface area (Å²) in [5.74, 6) is 3.03. The van der Waals surface area contributed by atoms with Crippen molar-refractivity contribution in [2.24, 2.45) is 17.8 Å². The normalized spacial score (nSPS) is 29.9. The lowest BCUT2D eigenvalue weighted by Gasteiger charge is -2.22. The Hall–Kier alpha value is -0.890. The number of hydrogen-bond acceptors (Lipinski definition) is 2. The molecule has 3 atom stereocenters. The molecule has 2 aliphatic rings. The Labute approximate surface area is 110 Å². The van der Waals surface area contributed by atoms with Crippen LogP contribution < -0.4 is 5.32 Å². The van der Waals surface area contributed by atoms with E-state index < -0.39 is 0 Å². The van der Waals surface area contributed by atoms with Crippen LogP contribution in [0.15, 0.2) is 18.3 Å². The van der Waals surface area contributed by atoms with E-state index in [9.17, 15) is 0 Å². The molecule has 0 aromatic carbocycles. The van der Waals surface area contributed by atoms with Crippen LogP contribution >= 0.6 is 0 Å². The van der Waals surface area contributed by atoms with Gasteiger partial charge in [0.25, 0.3) is 0 Å². The van der Waals surface area contributed by atoms with Crippen LogP contribution in [0.25, 0.3) is 0 Å². The fourth-order valence-corrected chi connectivity index (χ4v) is 3.95. The summed E-state index contributed by atoms with van der Waals surface area (Å²) in [6, 6.07) is 4.24. The van der Waals surface area contributed by atoms with Crippen molar-refractivity contribution in [3.8, 4) is 0 Å². The third-order valence-electron chi connectivity index (χ3n) is 4.95. The number of aryl methyl sites for hydroxylation is 1. The van der Waals surface area contributed by atoms with E-state index in [0.717, 1.165) is 30.7 Å². The second kappa shape index (κ2) is 5.40. The van der Waals surface area contributed by atoms with Crippen LogP contribution in [0.2, 0.25) is 0 Å². The summed E-state index contributed by atoms with van der Waals surface area (Å²) in [5, 5.41) is 3.64. The van der Waals surface area contributed by atoms with Crippen LogP contribution in [0, 0.1) is 17.8 Å². The SMILES string of the molecule is CCc1cccnc1CNCC1CC2CCC1C2. The molecule has 2 fully saturated rings. The van der Waals surface area contributed by atoms with Crippen LogP contribution in [0.4, 0.5) is 0 Å². The Kier molecular flexibility index (Phi) is 3.64. The van der Waals surface area contributed by atoms with Crippen LogP contribution in [0.5, 0.6) is 0 Å². The van der Waals surface area contributed by atoms with E-state index in [1.54, 1.807) is 0 Å². The quantitative estimate of drug-likeness (QED) is 0.860. The largest absolute Gasteiger partial charge is 0.311 e. The van der Waals surface area contributed by atoms with Crippen LogP contribution in [0.1, 0.15) is 43.9 Å². The summed E-state index contributed by atoms with van der Waals surface area (Å²) in [6.45, 7) is 4.34. The minimum Gasteiger partial charge on any atom is -0.311 e. The van der Waals surface area contributed by atoms with E-state index in [-0.39, 0.29) is 0 Å². The highest BCUT2D eigenvalue weighted by molar-refractivity contribution is 5.19. The summed E-state index contributed by atoms with van der Waals surface area (Å²) >= 11 is 0. The summed E-state index contributed by atoms with van der Waals surface area (Å²) < 4.78 is 0. The minimum atomic E-state index is 0.942. The summed E-state index contributed by atoms with van der Waals surface area (Å²) in [4.78, 5) is 4.50. The molecule has 0 spiro atoms. The van der Waals surface area contributed by atoms with Crippen molar-refractivity contribution in [3.63, 3.8) is 0 Å². The van der Waals surface area contributed by atoms with Gasteiger partial charge in [-0.2, -0.15) is 0 Å². The van der Waals surface area contributed by atoms with Gasteiger partial charge in [0.05, 0.1) is 5.69 Å². The maximum Gasteiger partial charge on any atom is 0.0573 e. The Morgan fingerprint density at radius 2 is 2.28 bits per heavy atom. The van der Waals surface area contributed by atoms with Gasteiger partial charge < -0.3 is 5.32 Å². The molecule has 98 valence electrons. The monoisotopic (exact) mass is 244 g/mol. The fourth-order valence-electron chi connectivity index (χ4n) is 3.95. The van der Waals surface area contributed by atoms with Crippen molar-refractivity contribution in [1.29, 1.82) is 0 Å². The molecule has 2 saturated carbocycles. The van der Waals surface area contributed by atoms with Crippen molar-refractivity contribution in [3.05, 3.63) is 29.6 Å². The molecule has 0 radical (unpaired) electrons. The molecule has 3 rings (SSSR count). The molecule has 18 heavy (non-hydrogen) atoms. The number of nitrogens with zero attached hydrogens (tertiary/aromatic N) is 1. The lowest BCUT2D eigenvalue weighted by Crippen LogP contribution is -2.26. The Bertz CT molecular complexity index is 402. The van der Waals surface area contributed by atoms with Gasteiger partial charge in [-0.25, -0.2) is 0 Å². The number of aromatic nitrogens is 1.